The van der Waals surface area contributed by atoms with Gasteiger partial charge >= 0.3 is 5.97 Å². The average molecular weight is 289 g/mol. The molecule has 5 heteroatoms. The summed E-state index contributed by atoms with van der Waals surface area (Å²) in [4.78, 5) is 11.4. The summed E-state index contributed by atoms with van der Waals surface area (Å²) in [5.41, 5.74) is 0.603. The third kappa shape index (κ3) is 4.84. The Morgan fingerprint density at radius 1 is 1.33 bits per heavy atom. The van der Waals surface area contributed by atoms with E-state index in [0.717, 1.165) is 12.8 Å². The van der Waals surface area contributed by atoms with Gasteiger partial charge in [-0.2, -0.15) is 5.26 Å². The molecule has 1 aromatic carbocycles. The number of hydrogen-bond donors (Lipinski definition) is 0. The Hall–Kier alpha value is -2.48. The van der Waals surface area contributed by atoms with Crippen molar-refractivity contribution in [2.24, 2.45) is 0 Å². The summed E-state index contributed by atoms with van der Waals surface area (Å²) in [5, 5.41) is 8.96. The van der Waals surface area contributed by atoms with Crippen molar-refractivity contribution in [2.75, 3.05) is 20.8 Å². The van der Waals surface area contributed by atoms with E-state index in [0.29, 0.717) is 23.7 Å². The van der Waals surface area contributed by atoms with Crippen LogP contribution in [0.1, 0.15) is 25.3 Å². The molecule has 1 rings (SSSR count). The second-order valence-corrected chi connectivity index (χ2v) is 4.27. The number of nitriles is 1. The highest BCUT2D eigenvalue weighted by atomic mass is 16.5. The fourth-order valence-corrected chi connectivity index (χ4v) is 1.64. The molecule has 5 nitrogen and oxygen atoms in total. The van der Waals surface area contributed by atoms with Gasteiger partial charge in [0.15, 0.2) is 11.5 Å². The average Bonchev–Trinajstić information content (AvgIpc) is 2.52. The zero-order valence-electron chi connectivity index (χ0n) is 12.5. The molecule has 0 unspecified atom stereocenters. The Kier molecular flexibility index (Phi) is 6.82. The van der Waals surface area contributed by atoms with Gasteiger partial charge in [0.2, 0.25) is 0 Å². The highest BCUT2D eigenvalue weighted by Crippen LogP contribution is 2.29. The van der Waals surface area contributed by atoms with Crippen molar-refractivity contribution in [3.8, 4) is 17.6 Å². The van der Waals surface area contributed by atoms with E-state index < -0.39 is 5.97 Å². The lowest BCUT2D eigenvalue weighted by Gasteiger charge is -2.11. The van der Waals surface area contributed by atoms with Crippen molar-refractivity contribution in [1.82, 2.24) is 0 Å². The number of nitrogens with zero attached hydrogens (tertiary/aromatic N) is 1. The Morgan fingerprint density at radius 2 is 2.10 bits per heavy atom. The van der Waals surface area contributed by atoms with Crippen molar-refractivity contribution < 1.29 is 19.0 Å². The predicted molar refractivity (Wildman–Crippen MR) is 79.0 cm³/mol. The second-order valence-electron chi connectivity index (χ2n) is 4.27. The van der Waals surface area contributed by atoms with Gasteiger partial charge in [-0.15, -0.1) is 0 Å². The highest BCUT2D eigenvalue weighted by molar-refractivity contribution is 5.97. The molecule has 0 N–H and O–H groups in total. The van der Waals surface area contributed by atoms with E-state index in [1.165, 1.54) is 13.2 Å². The van der Waals surface area contributed by atoms with Gasteiger partial charge in [0.1, 0.15) is 11.6 Å². The summed E-state index contributed by atoms with van der Waals surface area (Å²) >= 11 is 0. The number of carbonyl (C=O) groups is 1. The Bertz CT molecular complexity index is 558. The number of methoxy groups -OCH3 is 2. The van der Waals surface area contributed by atoms with Crippen LogP contribution in [0.3, 0.4) is 0 Å². The molecule has 1 aromatic rings. The summed E-state index contributed by atoms with van der Waals surface area (Å²) in [7, 11) is 2.80. The van der Waals surface area contributed by atoms with Crippen LogP contribution in [0.2, 0.25) is 0 Å². The minimum absolute atomic E-state index is 0.0674. The molecule has 0 saturated heterocycles. The molecule has 0 aromatic heterocycles. The molecule has 0 aliphatic carbocycles. The van der Waals surface area contributed by atoms with E-state index in [-0.39, 0.29) is 5.57 Å². The monoisotopic (exact) mass is 289 g/mol. The minimum Gasteiger partial charge on any atom is -0.493 e. The number of hydrogen-bond acceptors (Lipinski definition) is 5. The molecule has 0 fully saturated rings. The number of rotatable bonds is 7. The van der Waals surface area contributed by atoms with E-state index in [2.05, 4.69) is 11.7 Å². The van der Waals surface area contributed by atoms with Gasteiger partial charge in [-0.1, -0.05) is 19.4 Å². The first-order chi connectivity index (χ1) is 10.2. The largest absolute Gasteiger partial charge is 0.493 e. The number of esters is 1. The van der Waals surface area contributed by atoms with Crippen molar-refractivity contribution in [1.29, 1.82) is 5.26 Å². The van der Waals surface area contributed by atoms with Gasteiger partial charge < -0.3 is 14.2 Å². The molecule has 112 valence electrons. The lowest BCUT2D eigenvalue weighted by atomic mass is 10.1. The first-order valence-corrected chi connectivity index (χ1v) is 6.67. The fraction of sp³-hybridized carbons (Fsp3) is 0.375. The zero-order valence-corrected chi connectivity index (χ0v) is 12.5. The van der Waals surface area contributed by atoms with E-state index >= 15 is 0 Å². The Balaban J connectivity index is 3.04. The van der Waals surface area contributed by atoms with E-state index in [9.17, 15) is 4.79 Å². The number of unbranched alkanes of at least 4 members (excludes halogenated alkanes) is 1. The second kappa shape index (κ2) is 8.64. The molecule has 0 heterocycles. The molecule has 0 bridgehead atoms. The third-order valence-corrected chi connectivity index (χ3v) is 2.78. The molecule has 0 aliphatic heterocycles. The lowest BCUT2D eigenvalue weighted by molar-refractivity contribution is -0.135. The Morgan fingerprint density at radius 3 is 2.67 bits per heavy atom. The maximum Gasteiger partial charge on any atom is 0.348 e. The maximum atomic E-state index is 11.4. The lowest BCUT2D eigenvalue weighted by Crippen LogP contribution is -2.03. The smallest absolute Gasteiger partial charge is 0.348 e. The summed E-state index contributed by atoms with van der Waals surface area (Å²) in [6.07, 6.45) is 3.43. The Labute approximate surface area is 124 Å². The van der Waals surface area contributed by atoms with Crippen molar-refractivity contribution >= 4 is 12.0 Å². The maximum absolute atomic E-state index is 11.4. The molecule has 21 heavy (non-hydrogen) atoms. The first kappa shape index (κ1) is 16.6. The molecule has 0 aliphatic rings. The molecule has 0 radical (unpaired) electrons. The van der Waals surface area contributed by atoms with Crippen LogP contribution in [-0.2, 0) is 9.53 Å². The predicted octanol–water partition coefficient (Wildman–Crippen LogP) is 2.95. The first-order valence-electron chi connectivity index (χ1n) is 6.67. The van der Waals surface area contributed by atoms with Gasteiger partial charge in [-0.05, 0) is 30.2 Å². The zero-order chi connectivity index (χ0) is 15.7. The van der Waals surface area contributed by atoms with Crippen LogP contribution >= 0.6 is 0 Å². The molecular formula is C16H19NO4. The molecular weight excluding hydrogens is 270 g/mol. The van der Waals surface area contributed by atoms with Gasteiger partial charge in [0, 0.05) is 0 Å². The van der Waals surface area contributed by atoms with Crippen LogP contribution in [0.15, 0.2) is 23.8 Å². The van der Waals surface area contributed by atoms with Gasteiger partial charge in [-0.3, -0.25) is 0 Å². The topological polar surface area (TPSA) is 68.5 Å². The van der Waals surface area contributed by atoms with Crippen LogP contribution < -0.4 is 9.47 Å². The normalized spacial score (nSPS) is 10.7. The van der Waals surface area contributed by atoms with E-state index in [1.807, 2.05) is 6.07 Å². The van der Waals surface area contributed by atoms with Crippen molar-refractivity contribution in [2.45, 2.75) is 19.8 Å². The number of carbonyl (C=O) groups excluding carboxylic acids is 1. The molecule has 0 spiro atoms. The quantitative estimate of drug-likeness (QED) is 0.334. The van der Waals surface area contributed by atoms with E-state index in [4.69, 9.17) is 14.7 Å². The van der Waals surface area contributed by atoms with Gasteiger partial charge in [0.05, 0.1) is 20.8 Å². The summed E-state index contributed by atoms with van der Waals surface area (Å²) in [6.45, 7) is 2.66. The third-order valence-electron chi connectivity index (χ3n) is 2.78. The minimum atomic E-state index is -0.665. The van der Waals surface area contributed by atoms with Crippen LogP contribution in [-0.4, -0.2) is 26.8 Å². The number of benzene rings is 1. The molecule has 0 saturated carbocycles. The van der Waals surface area contributed by atoms with Crippen molar-refractivity contribution in [3.05, 3.63) is 29.3 Å². The highest BCUT2D eigenvalue weighted by Gasteiger charge is 2.10. The van der Waals surface area contributed by atoms with Crippen LogP contribution in [0.4, 0.5) is 0 Å². The van der Waals surface area contributed by atoms with Gasteiger partial charge in [-0.25, -0.2) is 4.79 Å². The SMILES string of the molecule is CCCCOc1cc(/C=C(\C#N)C(=O)OC)ccc1OC. The van der Waals surface area contributed by atoms with Crippen LogP contribution in [0.25, 0.3) is 6.08 Å². The van der Waals surface area contributed by atoms with Crippen LogP contribution in [0.5, 0.6) is 11.5 Å². The summed E-state index contributed by atoms with van der Waals surface area (Å²) in [6, 6.07) is 7.02. The summed E-state index contributed by atoms with van der Waals surface area (Å²) < 4.78 is 15.4. The number of ether oxygens (including phenoxy) is 3. The summed E-state index contributed by atoms with van der Waals surface area (Å²) in [5.74, 6) is 0.531. The standard InChI is InChI=1S/C16H19NO4/c1-4-5-8-21-15-10-12(6-7-14(15)19-2)9-13(11-17)16(18)20-3/h6-7,9-10H,4-5,8H2,1-3H3/b13-9+. The van der Waals surface area contributed by atoms with E-state index in [1.54, 1.807) is 25.3 Å². The van der Waals surface area contributed by atoms with Crippen molar-refractivity contribution in [3.63, 3.8) is 0 Å². The molecule has 0 amide bonds. The fourth-order valence-electron chi connectivity index (χ4n) is 1.64. The molecule has 0 atom stereocenters. The van der Waals surface area contributed by atoms with Crippen LogP contribution in [0, 0.1) is 11.3 Å². The van der Waals surface area contributed by atoms with Gasteiger partial charge in [0.25, 0.3) is 0 Å².